The van der Waals surface area contributed by atoms with Crippen molar-refractivity contribution < 1.29 is 34.2 Å². The quantitative estimate of drug-likeness (QED) is 0.181. The molecular weight excluding hydrogens is 488 g/mol. The van der Waals surface area contributed by atoms with Gasteiger partial charge < -0.3 is 9.71 Å². The fraction of sp³-hybridized carbons (Fsp3) is 0.381. The van der Waals surface area contributed by atoms with Gasteiger partial charge in [-0.2, -0.15) is 8.42 Å². The number of unbranched alkanes of at least 4 members (excludes halogenated alkanes) is 1. The van der Waals surface area contributed by atoms with Gasteiger partial charge in [-0.1, -0.05) is 46.2 Å². The molecule has 0 unspecified atom stereocenters. The van der Waals surface area contributed by atoms with E-state index >= 15 is 0 Å². The Labute approximate surface area is 195 Å². The largest absolute Gasteiger partial charge is 0.504 e. The van der Waals surface area contributed by atoms with Crippen LogP contribution >= 0.6 is 0 Å². The van der Waals surface area contributed by atoms with E-state index in [1.807, 2.05) is 27.7 Å². The molecule has 0 aliphatic carbocycles. The third-order valence-corrected chi connectivity index (χ3v) is 10.1. The molecule has 180 valence electrons. The molecule has 2 rings (SSSR count). The van der Waals surface area contributed by atoms with E-state index in [0.717, 1.165) is 29.8 Å². The van der Waals surface area contributed by atoms with Crippen LogP contribution in [0.5, 0.6) is 5.75 Å². The Morgan fingerprint density at radius 1 is 0.848 bits per heavy atom. The lowest BCUT2D eigenvalue weighted by atomic mass is 9.87. The van der Waals surface area contributed by atoms with Gasteiger partial charge >= 0.3 is 14.5 Å². The summed E-state index contributed by atoms with van der Waals surface area (Å²) in [4.78, 5) is 1.72. The van der Waals surface area contributed by atoms with Crippen LogP contribution in [0.2, 0.25) is 0 Å². The fourth-order valence-corrected chi connectivity index (χ4v) is 7.24. The molecule has 0 saturated carbocycles. The predicted molar refractivity (Wildman–Crippen MR) is 124 cm³/mol. The molecule has 2 aromatic carbocycles. The summed E-state index contributed by atoms with van der Waals surface area (Å²) in [6.07, 6.45) is 1.05. The third-order valence-electron chi connectivity index (χ3n) is 4.68. The highest BCUT2D eigenvalue weighted by Crippen LogP contribution is 2.26. The molecular formula is C21H26N2O7S3. The predicted octanol–water partition coefficient (Wildman–Crippen LogP) is 3.33. The van der Waals surface area contributed by atoms with Crippen LogP contribution in [0, 0.1) is 0 Å². The van der Waals surface area contributed by atoms with E-state index in [1.54, 1.807) is 12.1 Å². The minimum atomic E-state index is -4.76. The third kappa shape index (κ3) is 6.29. The number of rotatable bonds is 7. The zero-order chi connectivity index (χ0) is 25.1. The molecule has 0 amide bonds. The topological polar surface area (TPSA) is 148 Å². The van der Waals surface area contributed by atoms with Gasteiger partial charge in [-0.3, -0.25) is 0 Å². The summed E-state index contributed by atoms with van der Waals surface area (Å²) in [5.74, 6) is -0.329. The van der Waals surface area contributed by atoms with Crippen molar-refractivity contribution in [2.75, 3.05) is 5.75 Å². The van der Waals surface area contributed by atoms with Crippen LogP contribution in [-0.4, -0.2) is 40.2 Å². The highest BCUT2D eigenvalue weighted by atomic mass is 32.3. The van der Waals surface area contributed by atoms with Crippen LogP contribution in [-0.2, 0) is 35.2 Å². The Balaban J connectivity index is 2.38. The van der Waals surface area contributed by atoms with Crippen molar-refractivity contribution in [2.45, 2.75) is 55.7 Å². The van der Waals surface area contributed by atoms with Crippen molar-refractivity contribution in [3.05, 3.63) is 59.6 Å². The highest BCUT2D eigenvalue weighted by molar-refractivity contribution is 8.31. The summed E-state index contributed by atoms with van der Waals surface area (Å²) in [6.45, 7) is 7.63. The number of benzene rings is 2. The Morgan fingerprint density at radius 2 is 1.30 bits per heavy atom. The molecule has 0 N–H and O–H groups in total. The molecule has 0 aliphatic rings. The van der Waals surface area contributed by atoms with Crippen molar-refractivity contribution in [1.29, 1.82) is 0 Å². The second-order valence-electron chi connectivity index (χ2n) is 8.32. The molecule has 0 heterocycles. The van der Waals surface area contributed by atoms with Gasteiger partial charge in [-0.15, -0.1) is 4.79 Å². The van der Waals surface area contributed by atoms with Crippen molar-refractivity contribution in [2.24, 2.45) is 0 Å². The minimum absolute atomic E-state index is 0.131. The van der Waals surface area contributed by atoms with E-state index in [4.69, 9.17) is 4.18 Å². The normalized spacial score (nSPS) is 12.7. The molecule has 0 bridgehead atoms. The van der Waals surface area contributed by atoms with E-state index in [1.165, 1.54) is 12.1 Å². The van der Waals surface area contributed by atoms with Gasteiger partial charge in [0.05, 0.1) is 15.5 Å². The van der Waals surface area contributed by atoms with Crippen LogP contribution in [0.1, 0.15) is 46.1 Å². The van der Waals surface area contributed by atoms with Gasteiger partial charge in [-0.25, -0.2) is 16.8 Å². The highest BCUT2D eigenvalue weighted by Gasteiger charge is 2.44. The fourth-order valence-electron chi connectivity index (χ4n) is 2.77. The SMILES string of the molecule is CCCCS(=O)(=O)Oc1ccc(S(=O)(=O)C(=[N+]=[N-])S(=O)(=O)c2ccc(C(C)(C)C)cc2)cc1. The minimum Gasteiger partial charge on any atom is -0.382 e. The zero-order valence-corrected chi connectivity index (χ0v) is 21.2. The van der Waals surface area contributed by atoms with Gasteiger partial charge in [0.15, 0.2) is 0 Å². The van der Waals surface area contributed by atoms with Crippen molar-refractivity contribution in [3.8, 4) is 5.75 Å². The van der Waals surface area contributed by atoms with E-state index in [-0.39, 0.29) is 21.8 Å². The molecule has 0 spiro atoms. The standard InChI is InChI=1S/C21H26N2O7S3/c1-5-6-15-31(24,25)30-17-9-13-19(14-10-17)33(28,29)20(23-22)32(26,27)18-11-7-16(8-12-18)21(2,3)4/h7-14H,5-6,15H2,1-4H3. The number of hydrogen-bond acceptors (Lipinski definition) is 7. The van der Waals surface area contributed by atoms with E-state index in [2.05, 4.69) is 4.79 Å². The molecule has 0 atom stereocenters. The monoisotopic (exact) mass is 514 g/mol. The summed E-state index contributed by atoms with van der Waals surface area (Å²) in [7, 11) is -13.3. The molecule has 0 aromatic heterocycles. The zero-order valence-electron chi connectivity index (χ0n) is 18.7. The van der Waals surface area contributed by atoms with Crippen LogP contribution in [0.25, 0.3) is 5.53 Å². The molecule has 0 fully saturated rings. The number of nitrogens with zero attached hydrogens (tertiary/aromatic N) is 2. The molecule has 0 saturated heterocycles. The smallest absolute Gasteiger partial charge is 0.382 e. The molecule has 0 aliphatic heterocycles. The van der Waals surface area contributed by atoms with E-state index in [0.29, 0.717) is 12.8 Å². The Hall–Kier alpha value is -2.53. The van der Waals surface area contributed by atoms with Crippen LogP contribution in [0.3, 0.4) is 0 Å². The first-order valence-corrected chi connectivity index (χ1v) is 14.5. The Kier molecular flexibility index (Phi) is 7.90. The second-order valence-corrected chi connectivity index (χ2v) is 14.0. The summed E-state index contributed by atoms with van der Waals surface area (Å²) in [5, 5.41) is 0. The van der Waals surface area contributed by atoms with E-state index < -0.39 is 39.1 Å². The van der Waals surface area contributed by atoms with Gasteiger partial charge in [0.25, 0.3) is 19.7 Å². The summed E-state index contributed by atoms with van der Waals surface area (Å²) >= 11 is 0. The molecule has 0 radical (unpaired) electrons. The first-order chi connectivity index (χ1) is 15.1. The lowest BCUT2D eigenvalue weighted by Crippen LogP contribution is -2.26. The second kappa shape index (κ2) is 9.76. The van der Waals surface area contributed by atoms with Gasteiger partial charge in [-0.05, 0) is 53.8 Å². The average molecular weight is 515 g/mol. The van der Waals surface area contributed by atoms with Crippen molar-refractivity contribution in [3.63, 3.8) is 0 Å². The average Bonchev–Trinajstić information content (AvgIpc) is 2.72. The van der Waals surface area contributed by atoms with Crippen LogP contribution in [0.4, 0.5) is 0 Å². The molecule has 12 heteroatoms. The van der Waals surface area contributed by atoms with Crippen LogP contribution < -0.4 is 4.18 Å². The van der Waals surface area contributed by atoms with E-state index in [9.17, 15) is 30.8 Å². The van der Waals surface area contributed by atoms with Gasteiger partial charge in [0.2, 0.25) is 0 Å². The van der Waals surface area contributed by atoms with Gasteiger partial charge in [0.1, 0.15) is 5.75 Å². The number of sulfone groups is 2. The maximum absolute atomic E-state index is 12.9. The Morgan fingerprint density at radius 3 is 1.70 bits per heavy atom. The molecule has 33 heavy (non-hydrogen) atoms. The molecule has 2 aromatic rings. The maximum Gasteiger partial charge on any atom is 0.504 e. The first-order valence-electron chi connectivity index (χ1n) is 10.00. The van der Waals surface area contributed by atoms with Gasteiger partial charge in [0, 0.05) is 0 Å². The van der Waals surface area contributed by atoms with Crippen LogP contribution in [0.15, 0.2) is 58.3 Å². The van der Waals surface area contributed by atoms with Crippen molar-refractivity contribution >= 4 is 34.2 Å². The maximum atomic E-state index is 12.9. The summed E-state index contributed by atoms with van der Waals surface area (Å²) in [6, 6.07) is 9.71. The summed E-state index contributed by atoms with van der Waals surface area (Å²) < 4.78 is 79.0. The first kappa shape index (κ1) is 26.7. The lowest BCUT2D eigenvalue weighted by molar-refractivity contribution is 0.00380. The Bertz CT molecular complexity index is 1370. The molecule has 9 nitrogen and oxygen atoms in total. The van der Waals surface area contributed by atoms with Crippen molar-refractivity contribution in [1.82, 2.24) is 0 Å². The summed E-state index contributed by atoms with van der Waals surface area (Å²) in [5.41, 5.74) is 9.90. The number of hydrogen-bond donors (Lipinski definition) is 0. The lowest BCUT2D eigenvalue weighted by Gasteiger charge is -2.18.